The Morgan fingerprint density at radius 3 is 2.83 bits per heavy atom. The Morgan fingerprint density at radius 1 is 1.50 bits per heavy atom. The van der Waals surface area contributed by atoms with E-state index in [4.69, 9.17) is 17.3 Å². The van der Waals surface area contributed by atoms with E-state index in [1.165, 1.54) is 6.33 Å². The molecule has 0 saturated carbocycles. The number of hydrogen-bond donors (Lipinski definition) is 3. The lowest BCUT2D eigenvalue weighted by atomic mass is 9.76. The molecule has 2 heterocycles. The third kappa shape index (κ3) is 2.26. The van der Waals surface area contributed by atoms with E-state index in [-0.39, 0.29) is 11.1 Å². The number of nitrogens with zero attached hydrogens (tertiary/aromatic N) is 4. The molecule has 2 rings (SSSR count). The van der Waals surface area contributed by atoms with Crippen LogP contribution in [0.2, 0.25) is 5.15 Å². The van der Waals surface area contributed by atoms with Crippen LogP contribution in [0.1, 0.15) is 25.7 Å². The van der Waals surface area contributed by atoms with Crippen LogP contribution >= 0.6 is 11.6 Å². The molecule has 0 aliphatic rings. The fourth-order valence-corrected chi connectivity index (χ4v) is 2.09. The van der Waals surface area contributed by atoms with Crippen molar-refractivity contribution >= 4 is 35.8 Å². The number of imidazole rings is 1. The number of anilines is 1. The molecule has 1 unspecified atom stereocenters. The van der Waals surface area contributed by atoms with Gasteiger partial charge in [-0.25, -0.2) is 4.98 Å². The molecule has 96 valence electrons. The first-order valence-electron chi connectivity index (χ1n) is 5.56. The van der Waals surface area contributed by atoms with Crippen molar-refractivity contribution in [1.29, 1.82) is 0 Å². The smallest absolute Gasteiger partial charge is 0.426 e. The second-order valence-corrected chi connectivity index (χ2v) is 4.32. The molecular formula is C9H13BClN5O2. The van der Waals surface area contributed by atoms with E-state index in [9.17, 15) is 10.0 Å². The zero-order valence-electron chi connectivity index (χ0n) is 9.78. The molecule has 2 aromatic heterocycles. The summed E-state index contributed by atoms with van der Waals surface area (Å²) < 4.78 is 1.56. The molecule has 0 radical (unpaired) electrons. The summed E-state index contributed by atoms with van der Waals surface area (Å²) in [4.78, 5) is 11.9. The molecule has 0 fully saturated rings. The van der Waals surface area contributed by atoms with Gasteiger partial charge in [0.1, 0.15) is 5.52 Å². The highest BCUT2D eigenvalue weighted by Crippen LogP contribution is 2.24. The molecule has 0 aliphatic carbocycles. The van der Waals surface area contributed by atoms with Crippen LogP contribution in [0.4, 0.5) is 5.95 Å². The second kappa shape index (κ2) is 5.09. The average Bonchev–Trinajstić information content (AvgIpc) is 2.69. The highest BCUT2D eigenvalue weighted by molar-refractivity contribution is 6.42. The van der Waals surface area contributed by atoms with Crippen molar-refractivity contribution in [2.75, 3.05) is 5.73 Å². The van der Waals surface area contributed by atoms with Crippen LogP contribution in [0, 0.1) is 0 Å². The summed E-state index contributed by atoms with van der Waals surface area (Å²) in [6.45, 7) is 1.95. The Balaban J connectivity index is 2.56. The number of hydrogen-bond acceptors (Lipinski definition) is 6. The standard InChI is InChI=1S/C9H13BClN5O2/c1-2-3-5(10(17)18)16-4-13-6-7(11)14-9(12)15-8(6)16/h4-5,17-18H,2-3H2,1H3,(H2,12,14,15). The summed E-state index contributed by atoms with van der Waals surface area (Å²) >= 11 is 5.91. The average molecular weight is 270 g/mol. The topological polar surface area (TPSA) is 110 Å². The lowest BCUT2D eigenvalue weighted by molar-refractivity contribution is 0.355. The molecule has 2 aromatic rings. The van der Waals surface area contributed by atoms with Crippen molar-refractivity contribution in [1.82, 2.24) is 19.5 Å². The third-order valence-electron chi connectivity index (χ3n) is 2.68. The molecule has 1 atom stereocenters. The number of nitrogens with two attached hydrogens (primary N) is 1. The van der Waals surface area contributed by atoms with Gasteiger partial charge in [-0.1, -0.05) is 24.9 Å². The Hall–Kier alpha value is -1.38. The van der Waals surface area contributed by atoms with Crippen LogP contribution in [-0.4, -0.2) is 36.7 Å². The quantitative estimate of drug-likeness (QED) is 0.548. The molecule has 0 aromatic carbocycles. The Kier molecular flexibility index (Phi) is 3.69. The van der Waals surface area contributed by atoms with E-state index >= 15 is 0 Å². The van der Waals surface area contributed by atoms with Crippen LogP contribution in [0.15, 0.2) is 6.33 Å². The lowest BCUT2D eigenvalue weighted by Gasteiger charge is -2.16. The Morgan fingerprint density at radius 2 is 2.22 bits per heavy atom. The molecule has 4 N–H and O–H groups in total. The predicted molar refractivity (Wildman–Crippen MR) is 68.9 cm³/mol. The van der Waals surface area contributed by atoms with Gasteiger partial charge in [-0.05, 0) is 6.42 Å². The molecular weight excluding hydrogens is 256 g/mol. The van der Waals surface area contributed by atoms with Crippen LogP contribution in [0.3, 0.4) is 0 Å². The predicted octanol–water partition coefficient (Wildman–Crippen LogP) is 0.415. The van der Waals surface area contributed by atoms with Crippen LogP contribution in [0.25, 0.3) is 11.2 Å². The van der Waals surface area contributed by atoms with Gasteiger partial charge >= 0.3 is 7.12 Å². The minimum atomic E-state index is -1.50. The van der Waals surface area contributed by atoms with Gasteiger partial charge < -0.3 is 20.3 Å². The zero-order valence-corrected chi connectivity index (χ0v) is 10.5. The maximum atomic E-state index is 9.41. The fourth-order valence-electron chi connectivity index (χ4n) is 1.87. The van der Waals surface area contributed by atoms with Crippen molar-refractivity contribution in [3.8, 4) is 0 Å². The second-order valence-electron chi connectivity index (χ2n) is 3.97. The maximum Gasteiger partial charge on any atom is 0.476 e. The van der Waals surface area contributed by atoms with E-state index < -0.39 is 13.1 Å². The minimum absolute atomic E-state index is 0.0249. The first-order valence-corrected chi connectivity index (χ1v) is 5.94. The van der Waals surface area contributed by atoms with E-state index in [1.54, 1.807) is 4.57 Å². The van der Waals surface area contributed by atoms with Gasteiger partial charge in [0, 0.05) is 0 Å². The first kappa shape index (κ1) is 13.1. The molecule has 0 saturated heterocycles. The van der Waals surface area contributed by atoms with E-state index in [2.05, 4.69) is 15.0 Å². The van der Waals surface area contributed by atoms with Crippen LogP contribution in [-0.2, 0) is 0 Å². The number of nitrogen functional groups attached to an aromatic ring is 1. The molecule has 0 spiro atoms. The summed E-state index contributed by atoms with van der Waals surface area (Å²) in [5.41, 5.74) is 6.33. The highest BCUT2D eigenvalue weighted by Gasteiger charge is 2.27. The van der Waals surface area contributed by atoms with Gasteiger partial charge in [-0.15, -0.1) is 0 Å². The first-order chi connectivity index (χ1) is 8.54. The summed E-state index contributed by atoms with van der Waals surface area (Å²) in [6.07, 6.45) is 2.82. The SMILES string of the molecule is CCCC(B(O)O)n1cnc2c(Cl)nc(N)nc21. The minimum Gasteiger partial charge on any atom is -0.426 e. The summed E-state index contributed by atoms with van der Waals surface area (Å²) in [6, 6.07) is 0. The molecule has 7 nitrogen and oxygen atoms in total. The van der Waals surface area contributed by atoms with E-state index in [0.29, 0.717) is 17.6 Å². The van der Waals surface area contributed by atoms with Crippen molar-refractivity contribution in [3.63, 3.8) is 0 Å². The fraction of sp³-hybridized carbons (Fsp3) is 0.444. The van der Waals surface area contributed by atoms with Crippen molar-refractivity contribution in [2.24, 2.45) is 0 Å². The van der Waals surface area contributed by atoms with Gasteiger partial charge in [-0.2, -0.15) is 9.97 Å². The number of fused-ring (bicyclic) bond motifs is 1. The van der Waals surface area contributed by atoms with Gasteiger partial charge in [0.05, 0.1) is 12.3 Å². The van der Waals surface area contributed by atoms with E-state index in [1.807, 2.05) is 6.92 Å². The zero-order chi connectivity index (χ0) is 13.3. The molecule has 0 amide bonds. The largest absolute Gasteiger partial charge is 0.476 e. The van der Waals surface area contributed by atoms with E-state index in [0.717, 1.165) is 6.42 Å². The maximum absolute atomic E-state index is 9.41. The number of halogens is 1. The molecule has 18 heavy (non-hydrogen) atoms. The van der Waals surface area contributed by atoms with Crippen molar-refractivity contribution < 1.29 is 10.0 Å². The highest BCUT2D eigenvalue weighted by atomic mass is 35.5. The van der Waals surface area contributed by atoms with Crippen LogP contribution in [0.5, 0.6) is 0 Å². The normalized spacial score (nSPS) is 12.9. The van der Waals surface area contributed by atoms with Crippen LogP contribution < -0.4 is 5.73 Å². The van der Waals surface area contributed by atoms with Gasteiger partial charge in [0.25, 0.3) is 0 Å². The van der Waals surface area contributed by atoms with Gasteiger partial charge in [-0.3, -0.25) is 0 Å². The van der Waals surface area contributed by atoms with Crippen molar-refractivity contribution in [2.45, 2.75) is 25.7 Å². The number of aromatic nitrogens is 4. The van der Waals surface area contributed by atoms with Gasteiger partial charge in [0.15, 0.2) is 10.8 Å². The molecule has 9 heteroatoms. The van der Waals surface area contributed by atoms with Crippen molar-refractivity contribution in [3.05, 3.63) is 11.5 Å². The number of rotatable bonds is 4. The Bertz CT molecular complexity index is 561. The summed E-state index contributed by atoms with van der Waals surface area (Å²) in [5.74, 6) is -0.512. The molecule has 0 aliphatic heterocycles. The molecule has 0 bridgehead atoms. The lowest BCUT2D eigenvalue weighted by Crippen LogP contribution is -2.28. The van der Waals surface area contributed by atoms with Gasteiger partial charge in [0.2, 0.25) is 5.95 Å². The monoisotopic (exact) mass is 269 g/mol. The summed E-state index contributed by atoms with van der Waals surface area (Å²) in [7, 11) is -1.50. The summed E-state index contributed by atoms with van der Waals surface area (Å²) in [5, 5.41) is 19.0. The third-order valence-corrected chi connectivity index (χ3v) is 2.95. The Labute approximate surface area is 109 Å².